The van der Waals surface area contributed by atoms with Crippen molar-refractivity contribution in [3.8, 4) is 0 Å². The Morgan fingerprint density at radius 1 is 1.24 bits per heavy atom. The molecule has 3 rings (SSSR count). The Kier molecular flexibility index (Phi) is 4.86. The van der Waals surface area contributed by atoms with Crippen LogP contribution in [-0.2, 0) is 16.6 Å². The van der Waals surface area contributed by atoms with Gasteiger partial charge in [-0.3, -0.25) is 9.40 Å². The quantitative estimate of drug-likeness (QED) is 0.699. The molecular formula is C16H15ClFN3O2S2. The molecule has 0 unspecified atom stereocenters. The summed E-state index contributed by atoms with van der Waals surface area (Å²) in [7, 11) is -3.75. The number of aromatic nitrogens is 2. The normalized spacial score (nSPS) is 11.7. The monoisotopic (exact) mass is 399 g/mol. The van der Waals surface area contributed by atoms with Gasteiger partial charge in [0.05, 0.1) is 28.0 Å². The van der Waals surface area contributed by atoms with Crippen LogP contribution in [0.15, 0.2) is 40.6 Å². The highest BCUT2D eigenvalue weighted by Gasteiger charge is 2.21. The lowest BCUT2D eigenvalue weighted by Gasteiger charge is -2.08. The zero-order valence-corrected chi connectivity index (χ0v) is 15.8. The molecule has 0 atom stereocenters. The maximum Gasteiger partial charge on any atom is 0.271 e. The van der Waals surface area contributed by atoms with Gasteiger partial charge >= 0.3 is 0 Å². The molecule has 0 saturated carbocycles. The minimum atomic E-state index is -3.75. The van der Waals surface area contributed by atoms with Gasteiger partial charge in [-0.05, 0) is 32.0 Å². The second kappa shape index (κ2) is 6.78. The van der Waals surface area contributed by atoms with Crippen molar-refractivity contribution < 1.29 is 12.8 Å². The Morgan fingerprint density at radius 3 is 2.60 bits per heavy atom. The molecule has 0 amide bonds. The molecule has 0 aliphatic rings. The Hall–Kier alpha value is -1.90. The summed E-state index contributed by atoms with van der Waals surface area (Å²) in [5.74, 6) is -0.328. The Morgan fingerprint density at radius 2 is 1.96 bits per heavy atom. The van der Waals surface area contributed by atoms with Crippen LogP contribution in [0.4, 0.5) is 10.1 Å². The fraction of sp³-hybridized carbons (Fsp3) is 0.188. The first-order valence-electron chi connectivity index (χ1n) is 7.33. The number of benzene rings is 1. The summed E-state index contributed by atoms with van der Waals surface area (Å²) in [6.07, 6.45) is 0. The summed E-state index contributed by atoms with van der Waals surface area (Å²) in [6.45, 7) is 3.65. The summed E-state index contributed by atoms with van der Waals surface area (Å²) in [5, 5.41) is 4.33. The van der Waals surface area contributed by atoms with Crippen LogP contribution >= 0.6 is 22.9 Å². The number of rotatable bonds is 5. The van der Waals surface area contributed by atoms with Crippen molar-refractivity contribution in [3.63, 3.8) is 0 Å². The SMILES string of the molecule is Cc1nn(Cc2ccccc2F)c(C)c1NS(=O)(=O)c1ccc(Cl)s1. The predicted molar refractivity (Wildman–Crippen MR) is 97.3 cm³/mol. The van der Waals surface area contributed by atoms with E-state index in [1.165, 1.54) is 18.2 Å². The van der Waals surface area contributed by atoms with E-state index in [-0.39, 0.29) is 16.6 Å². The van der Waals surface area contributed by atoms with Gasteiger partial charge in [0.15, 0.2) is 0 Å². The lowest BCUT2D eigenvalue weighted by Crippen LogP contribution is -2.13. The highest BCUT2D eigenvalue weighted by atomic mass is 35.5. The molecule has 132 valence electrons. The van der Waals surface area contributed by atoms with Crippen LogP contribution in [0, 0.1) is 19.7 Å². The number of nitrogens with one attached hydrogen (secondary N) is 1. The number of anilines is 1. The molecule has 5 nitrogen and oxygen atoms in total. The average Bonchev–Trinajstić information content (AvgIpc) is 3.09. The third-order valence-corrected chi connectivity index (χ3v) is 6.78. The highest BCUT2D eigenvalue weighted by Crippen LogP contribution is 2.29. The zero-order chi connectivity index (χ0) is 18.2. The predicted octanol–water partition coefficient (Wildman–Crippen LogP) is 4.20. The Balaban J connectivity index is 1.91. The first-order chi connectivity index (χ1) is 11.8. The number of nitrogens with zero attached hydrogens (tertiary/aromatic N) is 2. The van der Waals surface area contributed by atoms with Crippen molar-refractivity contribution >= 4 is 38.6 Å². The van der Waals surface area contributed by atoms with Gasteiger partial charge in [-0.2, -0.15) is 5.10 Å². The number of hydrogen-bond donors (Lipinski definition) is 1. The van der Waals surface area contributed by atoms with Gasteiger partial charge in [-0.25, -0.2) is 12.8 Å². The van der Waals surface area contributed by atoms with E-state index in [4.69, 9.17) is 11.6 Å². The van der Waals surface area contributed by atoms with Crippen LogP contribution in [0.25, 0.3) is 0 Å². The summed E-state index contributed by atoms with van der Waals surface area (Å²) >= 11 is 6.79. The zero-order valence-electron chi connectivity index (χ0n) is 13.5. The van der Waals surface area contributed by atoms with Crippen LogP contribution in [-0.4, -0.2) is 18.2 Å². The van der Waals surface area contributed by atoms with E-state index in [1.807, 2.05) is 0 Å². The molecule has 0 saturated heterocycles. The average molecular weight is 400 g/mol. The molecule has 3 aromatic rings. The maximum absolute atomic E-state index is 13.8. The molecule has 1 aromatic carbocycles. The van der Waals surface area contributed by atoms with Gasteiger partial charge < -0.3 is 0 Å². The first-order valence-corrected chi connectivity index (χ1v) is 10.0. The standard InChI is InChI=1S/C16H15ClFN3O2S2/c1-10-16(20-25(22,23)15-8-7-14(17)24-15)11(2)21(19-10)9-12-5-3-4-6-13(12)18/h3-8,20H,9H2,1-2H3. The van der Waals surface area contributed by atoms with E-state index >= 15 is 0 Å². The van der Waals surface area contributed by atoms with Crippen molar-refractivity contribution in [3.05, 3.63) is 63.5 Å². The van der Waals surface area contributed by atoms with E-state index < -0.39 is 10.0 Å². The molecule has 2 aromatic heterocycles. The van der Waals surface area contributed by atoms with Gasteiger partial charge in [0.25, 0.3) is 10.0 Å². The molecule has 9 heteroatoms. The Bertz CT molecular complexity index is 1030. The fourth-order valence-corrected chi connectivity index (χ4v) is 5.07. The van der Waals surface area contributed by atoms with Crippen LogP contribution in [0.5, 0.6) is 0 Å². The van der Waals surface area contributed by atoms with Gasteiger partial charge in [-0.15, -0.1) is 11.3 Å². The van der Waals surface area contributed by atoms with Gasteiger partial charge in [0, 0.05) is 5.56 Å². The second-order valence-corrected chi connectivity index (χ2v) is 9.08. The van der Waals surface area contributed by atoms with E-state index in [1.54, 1.807) is 36.7 Å². The largest absolute Gasteiger partial charge is 0.275 e. The Labute approximate surface area is 154 Å². The van der Waals surface area contributed by atoms with Crippen molar-refractivity contribution in [2.24, 2.45) is 0 Å². The van der Waals surface area contributed by atoms with Crippen LogP contribution in [0.1, 0.15) is 17.0 Å². The third kappa shape index (κ3) is 3.70. The van der Waals surface area contributed by atoms with Crippen molar-refractivity contribution in [2.75, 3.05) is 4.72 Å². The van der Waals surface area contributed by atoms with E-state index in [2.05, 4.69) is 9.82 Å². The van der Waals surface area contributed by atoms with E-state index in [0.717, 1.165) is 11.3 Å². The van der Waals surface area contributed by atoms with Gasteiger partial charge in [0.1, 0.15) is 10.0 Å². The van der Waals surface area contributed by atoms with E-state index in [0.29, 0.717) is 27.0 Å². The molecule has 0 radical (unpaired) electrons. The molecule has 1 N–H and O–H groups in total. The number of halogens is 2. The second-order valence-electron chi connectivity index (χ2n) is 5.46. The molecular weight excluding hydrogens is 385 g/mol. The highest BCUT2D eigenvalue weighted by molar-refractivity contribution is 7.94. The van der Waals surface area contributed by atoms with Crippen LogP contribution in [0.3, 0.4) is 0 Å². The topological polar surface area (TPSA) is 64.0 Å². The summed E-state index contributed by atoms with van der Waals surface area (Å²) in [4.78, 5) is 0. The van der Waals surface area contributed by atoms with Crippen molar-refractivity contribution in [1.29, 1.82) is 0 Å². The number of hydrogen-bond acceptors (Lipinski definition) is 4. The van der Waals surface area contributed by atoms with Crippen LogP contribution in [0.2, 0.25) is 4.34 Å². The summed E-state index contributed by atoms with van der Waals surface area (Å²) < 4.78 is 43.5. The number of thiophene rings is 1. The lowest BCUT2D eigenvalue weighted by atomic mass is 10.2. The molecule has 0 spiro atoms. The van der Waals surface area contributed by atoms with Crippen molar-refractivity contribution in [1.82, 2.24) is 9.78 Å². The van der Waals surface area contributed by atoms with Gasteiger partial charge in [-0.1, -0.05) is 29.8 Å². The molecule has 0 aliphatic heterocycles. The van der Waals surface area contributed by atoms with Crippen LogP contribution < -0.4 is 4.72 Å². The number of sulfonamides is 1. The smallest absolute Gasteiger partial charge is 0.271 e. The van der Waals surface area contributed by atoms with Crippen molar-refractivity contribution in [2.45, 2.75) is 24.6 Å². The maximum atomic E-state index is 13.8. The summed E-state index contributed by atoms with van der Waals surface area (Å²) in [5.41, 5.74) is 1.99. The fourth-order valence-electron chi connectivity index (χ4n) is 2.41. The summed E-state index contributed by atoms with van der Waals surface area (Å²) in [6, 6.07) is 9.39. The third-order valence-electron chi connectivity index (χ3n) is 3.71. The van der Waals surface area contributed by atoms with E-state index in [9.17, 15) is 12.8 Å². The molecule has 0 aliphatic carbocycles. The molecule has 2 heterocycles. The first kappa shape index (κ1) is 17.9. The lowest BCUT2D eigenvalue weighted by molar-refractivity contribution is 0.579. The molecule has 0 bridgehead atoms. The molecule has 0 fully saturated rings. The van der Waals surface area contributed by atoms with Gasteiger partial charge in [0.2, 0.25) is 0 Å². The number of aryl methyl sites for hydroxylation is 1. The minimum Gasteiger partial charge on any atom is -0.275 e. The molecule has 25 heavy (non-hydrogen) atoms. The minimum absolute atomic E-state index is 0.123.